The van der Waals surface area contributed by atoms with Crippen LogP contribution in [-0.4, -0.2) is 16.8 Å². The number of thiophene rings is 1. The molecular formula is C16H15BrFNOS. The first-order valence-corrected chi connectivity index (χ1v) is 8.47. The van der Waals surface area contributed by atoms with E-state index in [1.165, 1.54) is 23.5 Å². The molecular weight excluding hydrogens is 353 g/mol. The van der Waals surface area contributed by atoms with Crippen molar-refractivity contribution in [3.05, 3.63) is 55.9 Å². The number of benzene rings is 1. The molecule has 1 aliphatic carbocycles. The van der Waals surface area contributed by atoms with Crippen LogP contribution in [0.2, 0.25) is 0 Å². The van der Waals surface area contributed by atoms with Crippen molar-refractivity contribution in [3.8, 4) is 0 Å². The number of hydrogen-bond donors (Lipinski definition) is 0. The Hall–Kier alpha value is -1.20. The molecule has 0 aliphatic heterocycles. The van der Waals surface area contributed by atoms with Gasteiger partial charge in [-0.05, 0) is 65.0 Å². The maximum Gasteiger partial charge on any atom is 0.264 e. The molecule has 1 heterocycles. The predicted octanol–water partition coefficient (Wildman–Crippen LogP) is 4.76. The smallest absolute Gasteiger partial charge is 0.264 e. The van der Waals surface area contributed by atoms with E-state index in [0.717, 1.165) is 32.6 Å². The van der Waals surface area contributed by atoms with E-state index in [9.17, 15) is 9.18 Å². The van der Waals surface area contributed by atoms with Crippen LogP contribution in [-0.2, 0) is 6.54 Å². The second kappa shape index (κ2) is 5.89. The SMILES string of the molecule is Cc1cc(C(=O)N(Cc2ccc(F)cc2)C2CC2)sc1Br. The Kier molecular flexibility index (Phi) is 4.13. The predicted molar refractivity (Wildman–Crippen MR) is 86.1 cm³/mol. The normalized spacial score (nSPS) is 14.2. The quantitative estimate of drug-likeness (QED) is 0.762. The molecule has 1 aromatic heterocycles. The third kappa shape index (κ3) is 3.35. The fraction of sp³-hybridized carbons (Fsp3) is 0.312. The summed E-state index contributed by atoms with van der Waals surface area (Å²) in [6, 6.07) is 8.62. The molecule has 0 unspecified atom stereocenters. The van der Waals surface area contributed by atoms with Crippen LogP contribution < -0.4 is 0 Å². The van der Waals surface area contributed by atoms with E-state index in [-0.39, 0.29) is 11.7 Å². The summed E-state index contributed by atoms with van der Waals surface area (Å²) in [4.78, 5) is 15.4. The molecule has 0 bridgehead atoms. The average Bonchev–Trinajstić information content (AvgIpc) is 3.24. The van der Waals surface area contributed by atoms with Gasteiger partial charge in [-0.1, -0.05) is 12.1 Å². The second-order valence-corrected chi connectivity index (χ2v) is 7.73. The van der Waals surface area contributed by atoms with Gasteiger partial charge < -0.3 is 4.90 Å². The van der Waals surface area contributed by atoms with Crippen molar-refractivity contribution in [1.82, 2.24) is 4.90 Å². The third-order valence-electron chi connectivity index (χ3n) is 3.58. The van der Waals surface area contributed by atoms with Crippen LogP contribution in [0.5, 0.6) is 0 Å². The molecule has 2 nitrogen and oxygen atoms in total. The van der Waals surface area contributed by atoms with Crippen molar-refractivity contribution in [2.75, 3.05) is 0 Å². The van der Waals surface area contributed by atoms with Gasteiger partial charge in [-0.25, -0.2) is 4.39 Å². The van der Waals surface area contributed by atoms with E-state index in [4.69, 9.17) is 0 Å². The summed E-state index contributed by atoms with van der Waals surface area (Å²) < 4.78 is 14.0. The molecule has 110 valence electrons. The zero-order valence-corrected chi connectivity index (χ0v) is 14.0. The fourth-order valence-corrected chi connectivity index (χ4v) is 3.74. The van der Waals surface area contributed by atoms with Gasteiger partial charge >= 0.3 is 0 Å². The van der Waals surface area contributed by atoms with Crippen molar-refractivity contribution < 1.29 is 9.18 Å². The molecule has 1 amide bonds. The van der Waals surface area contributed by atoms with E-state index >= 15 is 0 Å². The molecule has 3 rings (SSSR count). The van der Waals surface area contributed by atoms with Gasteiger partial charge in [0.15, 0.2) is 0 Å². The summed E-state index contributed by atoms with van der Waals surface area (Å²) in [5.41, 5.74) is 2.05. The third-order valence-corrected chi connectivity index (χ3v) is 5.71. The monoisotopic (exact) mass is 367 g/mol. The lowest BCUT2D eigenvalue weighted by atomic mass is 10.2. The summed E-state index contributed by atoms with van der Waals surface area (Å²) in [7, 11) is 0. The van der Waals surface area contributed by atoms with Gasteiger partial charge in [-0.3, -0.25) is 4.79 Å². The average molecular weight is 368 g/mol. The van der Waals surface area contributed by atoms with Crippen LogP contribution in [0.15, 0.2) is 34.1 Å². The van der Waals surface area contributed by atoms with Gasteiger partial charge in [0.05, 0.1) is 8.66 Å². The Bertz CT molecular complexity index is 644. The summed E-state index contributed by atoms with van der Waals surface area (Å²) in [5.74, 6) is -0.179. The molecule has 0 spiro atoms. The zero-order valence-electron chi connectivity index (χ0n) is 11.6. The van der Waals surface area contributed by atoms with Crippen LogP contribution in [0.4, 0.5) is 4.39 Å². The first kappa shape index (κ1) is 14.7. The Morgan fingerprint density at radius 3 is 2.57 bits per heavy atom. The minimum absolute atomic E-state index is 0.0700. The second-order valence-electron chi connectivity index (χ2n) is 5.36. The minimum Gasteiger partial charge on any atom is -0.331 e. The molecule has 1 saturated carbocycles. The topological polar surface area (TPSA) is 20.3 Å². The summed E-state index contributed by atoms with van der Waals surface area (Å²) >= 11 is 4.94. The molecule has 1 aromatic carbocycles. The van der Waals surface area contributed by atoms with Crippen LogP contribution in [0.1, 0.15) is 33.6 Å². The highest BCUT2D eigenvalue weighted by Crippen LogP contribution is 2.33. The van der Waals surface area contributed by atoms with Crippen LogP contribution in [0.3, 0.4) is 0 Å². The van der Waals surface area contributed by atoms with Gasteiger partial charge in [-0.2, -0.15) is 0 Å². The first-order chi connectivity index (χ1) is 10.0. The molecule has 0 radical (unpaired) electrons. The molecule has 21 heavy (non-hydrogen) atoms. The summed E-state index contributed by atoms with van der Waals surface area (Å²) in [6.07, 6.45) is 2.11. The summed E-state index contributed by atoms with van der Waals surface area (Å²) in [5, 5.41) is 0. The van der Waals surface area contributed by atoms with Crippen molar-refractivity contribution in [2.24, 2.45) is 0 Å². The number of aryl methyl sites for hydroxylation is 1. The number of carbonyl (C=O) groups is 1. The van der Waals surface area contributed by atoms with Gasteiger partial charge in [0.1, 0.15) is 5.82 Å². The number of nitrogens with zero attached hydrogens (tertiary/aromatic N) is 1. The van der Waals surface area contributed by atoms with Crippen molar-refractivity contribution in [1.29, 1.82) is 0 Å². The number of amides is 1. The fourth-order valence-electron chi connectivity index (χ4n) is 2.25. The number of carbonyl (C=O) groups excluding carboxylic acids is 1. The number of rotatable bonds is 4. The lowest BCUT2D eigenvalue weighted by molar-refractivity contribution is 0.0735. The molecule has 1 aliphatic rings. The van der Waals surface area contributed by atoms with Gasteiger partial charge in [-0.15, -0.1) is 11.3 Å². The van der Waals surface area contributed by atoms with Crippen LogP contribution >= 0.6 is 27.3 Å². The van der Waals surface area contributed by atoms with E-state index in [1.807, 2.05) is 17.9 Å². The van der Waals surface area contributed by atoms with Gasteiger partial charge in [0, 0.05) is 12.6 Å². The summed E-state index contributed by atoms with van der Waals surface area (Å²) in [6.45, 7) is 2.52. The van der Waals surface area contributed by atoms with Crippen LogP contribution in [0.25, 0.3) is 0 Å². The van der Waals surface area contributed by atoms with E-state index in [1.54, 1.807) is 12.1 Å². The maximum atomic E-state index is 13.0. The van der Waals surface area contributed by atoms with Gasteiger partial charge in [0.2, 0.25) is 0 Å². The Morgan fingerprint density at radius 1 is 1.38 bits per heavy atom. The lowest BCUT2D eigenvalue weighted by Gasteiger charge is -2.22. The Labute approximate surface area is 135 Å². The van der Waals surface area contributed by atoms with Gasteiger partial charge in [0.25, 0.3) is 5.91 Å². The molecule has 0 atom stereocenters. The highest BCUT2D eigenvalue weighted by molar-refractivity contribution is 9.11. The van der Waals surface area contributed by atoms with E-state index < -0.39 is 0 Å². The van der Waals surface area contributed by atoms with E-state index in [0.29, 0.717) is 12.6 Å². The largest absolute Gasteiger partial charge is 0.331 e. The number of halogens is 2. The standard InChI is InChI=1S/C16H15BrFNOS/c1-10-8-14(21-15(10)17)16(20)19(13-6-7-13)9-11-2-4-12(18)5-3-11/h2-5,8,13H,6-7,9H2,1H3. The van der Waals surface area contributed by atoms with Crippen molar-refractivity contribution in [2.45, 2.75) is 32.4 Å². The molecule has 1 fully saturated rings. The van der Waals surface area contributed by atoms with Crippen molar-refractivity contribution >= 4 is 33.2 Å². The van der Waals surface area contributed by atoms with Crippen molar-refractivity contribution in [3.63, 3.8) is 0 Å². The molecule has 0 N–H and O–H groups in total. The molecule has 2 aromatic rings. The highest BCUT2D eigenvalue weighted by Gasteiger charge is 2.33. The first-order valence-electron chi connectivity index (χ1n) is 6.86. The lowest BCUT2D eigenvalue weighted by Crippen LogP contribution is -2.32. The minimum atomic E-state index is -0.249. The Morgan fingerprint density at radius 2 is 2.05 bits per heavy atom. The molecule has 0 saturated heterocycles. The number of hydrogen-bond acceptors (Lipinski definition) is 2. The van der Waals surface area contributed by atoms with Crippen LogP contribution in [0, 0.1) is 12.7 Å². The maximum absolute atomic E-state index is 13.0. The van der Waals surface area contributed by atoms with E-state index in [2.05, 4.69) is 15.9 Å². The zero-order chi connectivity index (χ0) is 15.0. The highest BCUT2D eigenvalue weighted by atomic mass is 79.9. The molecule has 5 heteroatoms. The Balaban J connectivity index is 1.81.